The van der Waals surface area contributed by atoms with Crippen LogP contribution in [0.4, 0.5) is 4.79 Å². The average Bonchev–Trinajstić information content (AvgIpc) is 2.53. The van der Waals surface area contributed by atoms with Crippen molar-refractivity contribution < 1.29 is 19.8 Å². The van der Waals surface area contributed by atoms with Gasteiger partial charge in [-0.05, 0) is 13.0 Å². The van der Waals surface area contributed by atoms with E-state index in [0.29, 0.717) is 19.6 Å². The van der Waals surface area contributed by atoms with E-state index in [1.165, 1.54) is 0 Å². The van der Waals surface area contributed by atoms with E-state index in [0.717, 1.165) is 13.0 Å². The number of carbonyl (C=O) groups excluding carboxylic acids is 1. The van der Waals surface area contributed by atoms with E-state index >= 15 is 0 Å². The van der Waals surface area contributed by atoms with E-state index in [-0.39, 0.29) is 0 Å². The molecule has 1 aliphatic heterocycles. The molecule has 2 amide bonds. The number of carboxylic acid groups (broad SMARTS) is 1. The number of amides is 2. The zero-order chi connectivity index (χ0) is 12.0. The van der Waals surface area contributed by atoms with Crippen LogP contribution in [0.15, 0.2) is 0 Å². The van der Waals surface area contributed by atoms with Crippen LogP contribution in [0.2, 0.25) is 0 Å². The topological polar surface area (TPSA) is 102 Å². The van der Waals surface area contributed by atoms with Crippen LogP contribution in [0, 0.1) is 0 Å². The number of urea groups is 1. The molecule has 1 aliphatic rings. The quantitative estimate of drug-likeness (QED) is 0.470. The van der Waals surface area contributed by atoms with Gasteiger partial charge in [0, 0.05) is 19.6 Å². The molecule has 1 fully saturated rings. The summed E-state index contributed by atoms with van der Waals surface area (Å²) in [6, 6.07) is -1.67. The van der Waals surface area contributed by atoms with Gasteiger partial charge >= 0.3 is 12.0 Å². The maximum Gasteiger partial charge on any atom is 0.328 e. The summed E-state index contributed by atoms with van der Waals surface area (Å²) >= 11 is 0. The molecule has 1 atom stereocenters. The van der Waals surface area contributed by atoms with Gasteiger partial charge in [0.25, 0.3) is 0 Å². The predicted molar refractivity (Wildman–Crippen MR) is 56.1 cm³/mol. The van der Waals surface area contributed by atoms with E-state index in [2.05, 4.69) is 10.6 Å². The molecule has 0 aromatic rings. The van der Waals surface area contributed by atoms with Crippen molar-refractivity contribution in [1.29, 1.82) is 0 Å². The third kappa shape index (κ3) is 3.67. The lowest BCUT2D eigenvalue weighted by atomic mass is 10.3. The number of carbonyl (C=O) groups is 2. The van der Waals surface area contributed by atoms with Crippen molar-refractivity contribution in [2.24, 2.45) is 0 Å². The molecule has 0 aromatic heterocycles. The van der Waals surface area contributed by atoms with Gasteiger partial charge in [-0.1, -0.05) is 0 Å². The molecule has 0 saturated carbocycles. The fourth-order valence-corrected chi connectivity index (χ4v) is 1.47. The van der Waals surface area contributed by atoms with Crippen molar-refractivity contribution in [3.63, 3.8) is 0 Å². The highest BCUT2D eigenvalue weighted by atomic mass is 16.4. The Morgan fingerprint density at radius 2 is 2.12 bits per heavy atom. The van der Waals surface area contributed by atoms with Gasteiger partial charge in [0.2, 0.25) is 0 Å². The number of aliphatic hydroxyl groups excluding tert-OH is 1. The molecule has 0 aliphatic carbocycles. The van der Waals surface area contributed by atoms with Crippen LogP contribution >= 0.6 is 0 Å². The number of nitrogens with zero attached hydrogens (tertiary/aromatic N) is 1. The molecule has 0 radical (unpaired) electrons. The van der Waals surface area contributed by atoms with Crippen molar-refractivity contribution in [2.45, 2.75) is 12.5 Å². The van der Waals surface area contributed by atoms with Crippen LogP contribution in [0.1, 0.15) is 6.42 Å². The van der Waals surface area contributed by atoms with Crippen LogP contribution in [0.5, 0.6) is 0 Å². The molecular weight excluding hydrogens is 214 g/mol. The van der Waals surface area contributed by atoms with Crippen LogP contribution in [0.3, 0.4) is 0 Å². The first-order valence-electron chi connectivity index (χ1n) is 5.25. The van der Waals surface area contributed by atoms with E-state index in [9.17, 15) is 9.59 Å². The molecule has 0 spiro atoms. The third-order valence-electron chi connectivity index (χ3n) is 2.41. The second-order valence-electron chi connectivity index (χ2n) is 3.61. The largest absolute Gasteiger partial charge is 0.480 e. The molecule has 1 heterocycles. The van der Waals surface area contributed by atoms with Crippen molar-refractivity contribution in [3.8, 4) is 0 Å². The van der Waals surface area contributed by atoms with Gasteiger partial charge in [-0.15, -0.1) is 0 Å². The number of carboxylic acids is 1. The summed E-state index contributed by atoms with van der Waals surface area (Å²) in [6.45, 7) is 2.09. The SMILES string of the molecule is O=C(O)[C@@H](CO)NC(=O)N1CCCNCC1. The lowest BCUT2D eigenvalue weighted by Gasteiger charge is -2.22. The van der Waals surface area contributed by atoms with Crippen LogP contribution in [-0.2, 0) is 4.79 Å². The lowest BCUT2D eigenvalue weighted by molar-refractivity contribution is -0.140. The number of aliphatic hydroxyl groups is 1. The fraction of sp³-hybridized carbons (Fsp3) is 0.778. The van der Waals surface area contributed by atoms with E-state index in [1.807, 2.05) is 0 Å². The zero-order valence-electron chi connectivity index (χ0n) is 8.98. The first kappa shape index (κ1) is 12.7. The predicted octanol–water partition coefficient (Wildman–Crippen LogP) is -1.56. The smallest absolute Gasteiger partial charge is 0.328 e. The maximum absolute atomic E-state index is 11.6. The van der Waals surface area contributed by atoms with E-state index in [1.54, 1.807) is 4.90 Å². The molecule has 1 saturated heterocycles. The van der Waals surface area contributed by atoms with Gasteiger partial charge in [0.05, 0.1) is 6.61 Å². The molecular formula is C9H17N3O4. The van der Waals surface area contributed by atoms with Gasteiger partial charge in [0.15, 0.2) is 6.04 Å². The van der Waals surface area contributed by atoms with Gasteiger partial charge in [-0.2, -0.15) is 0 Å². The summed E-state index contributed by atoms with van der Waals surface area (Å²) in [7, 11) is 0. The van der Waals surface area contributed by atoms with Crippen LogP contribution in [0.25, 0.3) is 0 Å². The Labute approximate surface area is 93.4 Å². The second-order valence-corrected chi connectivity index (χ2v) is 3.61. The monoisotopic (exact) mass is 231 g/mol. The van der Waals surface area contributed by atoms with Crippen molar-refractivity contribution in [2.75, 3.05) is 32.8 Å². The molecule has 1 rings (SSSR count). The summed E-state index contributed by atoms with van der Waals surface area (Å²) in [4.78, 5) is 23.8. The highest BCUT2D eigenvalue weighted by molar-refractivity contribution is 5.82. The molecule has 7 nitrogen and oxygen atoms in total. The van der Waals surface area contributed by atoms with Gasteiger partial charge < -0.3 is 25.7 Å². The van der Waals surface area contributed by atoms with E-state index in [4.69, 9.17) is 10.2 Å². The summed E-state index contributed by atoms with van der Waals surface area (Å²) in [6.07, 6.45) is 0.838. The van der Waals surface area contributed by atoms with Crippen LogP contribution in [-0.4, -0.2) is 65.9 Å². The van der Waals surface area contributed by atoms with E-state index < -0.39 is 24.6 Å². The zero-order valence-corrected chi connectivity index (χ0v) is 8.98. The Hall–Kier alpha value is -1.34. The average molecular weight is 231 g/mol. The highest BCUT2D eigenvalue weighted by Crippen LogP contribution is 1.97. The lowest BCUT2D eigenvalue weighted by Crippen LogP contribution is -2.50. The van der Waals surface area contributed by atoms with Gasteiger partial charge in [-0.3, -0.25) is 0 Å². The normalized spacial score (nSPS) is 18.7. The number of hydrogen-bond acceptors (Lipinski definition) is 4. The second kappa shape index (κ2) is 6.29. The minimum Gasteiger partial charge on any atom is -0.480 e. The molecule has 0 unspecified atom stereocenters. The molecule has 16 heavy (non-hydrogen) atoms. The summed E-state index contributed by atoms with van der Waals surface area (Å²) in [5.41, 5.74) is 0. The number of aliphatic carboxylic acids is 1. The van der Waals surface area contributed by atoms with Gasteiger partial charge in [0.1, 0.15) is 0 Å². The first-order chi connectivity index (χ1) is 7.65. The molecule has 92 valence electrons. The van der Waals surface area contributed by atoms with Crippen LogP contribution < -0.4 is 10.6 Å². The van der Waals surface area contributed by atoms with Crippen molar-refractivity contribution in [1.82, 2.24) is 15.5 Å². The van der Waals surface area contributed by atoms with Crippen molar-refractivity contribution in [3.05, 3.63) is 0 Å². The number of rotatable bonds is 3. The standard InChI is InChI=1S/C9H17N3O4/c13-6-7(8(14)15)11-9(16)12-4-1-2-10-3-5-12/h7,10,13H,1-6H2,(H,11,16)(H,14,15)/t7-/m1/s1. The maximum atomic E-state index is 11.6. The Morgan fingerprint density at radius 1 is 1.38 bits per heavy atom. The Balaban J connectivity index is 2.46. The Kier molecular flexibility index (Phi) is 5.00. The highest BCUT2D eigenvalue weighted by Gasteiger charge is 2.22. The minimum absolute atomic E-state index is 0.440. The summed E-state index contributed by atoms with van der Waals surface area (Å²) in [5.74, 6) is -1.23. The molecule has 4 N–H and O–H groups in total. The number of nitrogens with one attached hydrogen (secondary N) is 2. The van der Waals surface area contributed by atoms with Crippen molar-refractivity contribution >= 4 is 12.0 Å². The fourth-order valence-electron chi connectivity index (χ4n) is 1.47. The molecule has 7 heteroatoms. The minimum atomic E-state index is -1.23. The Bertz CT molecular complexity index is 251. The Morgan fingerprint density at radius 3 is 2.75 bits per heavy atom. The first-order valence-corrected chi connectivity index (χ1v) is 5.25. The summed E-state index contributed by atoms with van der Waals surface area (Å²) < 4.78 is 0. The third-order valence-corrected chi connectivity index (χ3v) is 2.41. The molecule has 0 aromatic carbocycles. The summed E-state index contributed by atoms with van der Waals surface area (Å²) in [5, 5.41) is 22.9. The molecule has 0 bridgehead atoms. The van der Waals surface area contributed by atoms with Gasteiger partial charge in [-0.25, -0.2) is 9.59 Å². The number of hydrogen-bond donors (Lipinski definition) is 4.